The van der Waals surface area contributed by atoms with Crippen molar-refractivity contribution in [3.63, 3.8) is 0 Å². The number of hydrogen-bond donors (Lipinski definition) is 2. The highest BCUT2D eigenvalue weighted by molar-refractivity contribution is 5.94. The Bertz CT molecular complexity index is 1200. The van der Waals surface area contributed by atoms with Crippen LogP contribution in [0.2, 0.25) is 0 Å². The van der Waals surface area contributed by atoms with E-state index in [0.29, 0.717) is 43.2 Å². The molecule has 3 aromatic rings. The number of H-pyrrole nitrogens is 1. The van der Waals surface area contributed by atoms with Gasteiger partial charge in [-0.15, -0.1) is 0 Å². The fourth-order valence-corrected chi connectivity index (χ4v) is 4.43. The van der Waals surface area contributed by atoms with Gasteiger partial charge in [0.25, 0.3) is 0 Å². The zero-order chi connectivity index (χ0) is 24.9. The molecule has 0 bridgehead atoms. The molecule has 1 saturated heterocycles. The van der Waals surface area contributed by atoms with Crippen molar-refractivity contribution < 1.29 is 24.2 Å². The Morgan fingerprint density at radius 2 is 1.86 bits per heavy atom. The molecule has 0 aliphatic carbocycles. The lowest BCUT2D eigenvalue weighted by Crippen LogP contribution is -2.48. The third kappa shape index (κ3) is 5.51. The van der Waals surface area contributed by atoms with Gasteiger partial charge in [-0.1, -0.05) is 6.07 Å². The number of nitrogens with one attached hydrogen (secondary N) is 1. The molecule has 1 aliphatic heterocycles. The second-order valence-electron chi connectivity index (χ2n) is 8.93. The van der Waals surface area contributed by atoms with E-state index in [9.17, 15) is 14.7 Å². The van der Waals surface area contributed by atoms with E-state index in [1.54, 1.807) is 6.07 Å². The van der Waals surface area contributed by atoms with Gasteiger partial charge in [0.1, 0.15) is 17.1 Å². The van der Waals surface area contributed by atoms with Crippen LogP contribution in [0.15, 0.2) is 42.6 Å². The van der Waals surface area contributed by atoms with Crippen molar-refractivity contribution >= 4 is 28.7 Å². The molecule has 1 aromatic heterocycles. The van der Waals surface area contributed by atoms with Crippen molar-refractivity contribution in [3.05, 3.63) is 53.7 Å². The molecule has 1 aliphatic rings. The molecule has 1 fully saturated rings. The Balaban J connectivity index is 1.65. The highest BCUT2D eigenvalue weighted by Gasteiger charge is 2.23. The highest BCUT2D eigenvalue weighted by atomic mass is 16.5. The van der Waals surface area contributed by atoms with Gasteiger partial charge >= 0.3 is 12.1 Å². The summed E-state index contributed by atoms with van der Waals surface area (Å²) in [6.45, 7) is 2.95. The maximum absolute atomic E-state index is 12.5. The number of amides is 1. The number of rotatable bonds is 8. The lowest BCUT2D eigenvalue weighted by Gasteiger charge is -2.34. The fraction of sp³-hybridized carbons (Fsp3) is 0.385. The van der Waals surface area contributed by atoms with Crippen molar-refractivity contribution in [1.29, 1.82) is 0 Å². The number of aromatic nitrogens is 1. The Morgan fingerprint density at radius 1 is 1.09 bits per heavy atom. The van der Waals surface area contributed by atoms with E-state index in [-0.39, 0.29) is 0 Å². The molecule has 4 rings (SSSR count). The molecular weight excluding hydrogens is 448 g/mol. The number of aryl methyl sites for hydroxylation is 1. The number of ether oxygens (including phenoxy) is 2. The molecule has 35 heavy (non-hydrogen) atoms. The maximum Gasteiger partial charge on any atom is 0.407 e. The summed E-state index contributed by atoms with van der Waals surface area (Å²) in [5.74, 6) is 0.597. The van der Waals surface area contributed by atoms with Crippen LogP contribution in [0.25, 0.3) is 10.9 Å². The van der Waals surface area contributed by atoms with Crippen molar-refractivity contribution in [1.82, 2.24) is 14.8 Å². The Morgan fingerprint density at radius 3 is 2.54 bits per heavy atom. The van der Waals surface area contributed by atoms with Crippen molar-refractivity contribution in [2.24, 2.45) is 0 Å². The predicted molar refractivity (Wildman–Crippen MR) is 135 cm³/mol. The van der Waals surface area contributed by atoms with Crippen LogP contribution in [-0.4, -0.2) is 85.9 Å². The monoisotopic (exact) mass is 480 g/mol. The van der Waals surface area contributed by atoms with Crippen LogP contribution in [-0.2, 0) is 11.2 Å². The van der Waals surface area contributed by atoms with Crippen LogP contribution in [0.1, 0.15) is 22.3 Å². The number of nitrogens with zero attached hydrogens (tertiary/aromatic N) is 3. The number of fused-ring (bicyclic) bond motifs is 1. The van der Waals surface area contributed by atoms with Crippen LogP contribution in [0.5, 0.6) is 11.5 Å². The lowest BCUT2D eigenvalue weighted by molar-refractivity contribution is 0.0598. The van der Waals surface area contributed by atoms with E-state index in [1.807, 2.05) is 36.5 Å². The smallest absolute Gasteiger partial charge is 0.407 e. The van der Waals surface area contributed by atoms with Gasteiger partial charge in [0.15, 0.2) is 0 Å². The van der Waals surface area contributed by atoms with Crippen LogP contribution in [0.3, 0.4) is 0 Å². The van der Waals surface area contributed by atoms with Gasteiger partial charge in [0.2, 0.25) is 0 Å². The quantitative estimate of drug-likeness (QED) is 0.470. The first-order valence-corrected chi connectivity index (χ1v) is 11.7. The standard InChI is InChI=1S/C26H32N4O5/c1-28(2)11-5-6-18-17-27-21-7-4-8-22(24(18)21)35-23-16-19(9-10-20(23)25(31)34-3)29-12-14-30(15-13-29)26(32)33/h4,7-10,16-17,27H,5-6,11-15H2,1-3H3,(H,32,33). The third-order valence-corrected chi connectivity index (χ3v) is 6.31. The van der Waals surface area contributed by atoms with Gasteiger partial charge in [-0.25, -0.2) is 9.59 Å². The van der Waals surface area contributed by atoms with E-state index in [2.05, 4.69) is 28.9 Å². The van der Waals surface area contributed by atoms with Crippen molar-refractivity contribution in [3.8, 4) is 11.5 Å². The van der Waals surface area contributed by atoms with Crippen molar-refractivity contribution in [2.75, 3.05) is 58.8 Å². The minimum atomic E-state index is -0.907. The number of aromatic amines is 1. The number of carbonyl (C=O) groups excluding carboxylic acids is 1. The normalized spacial score (nSPS) is 13.9. The summed E-state index contributed by atoms with van der Waals surface area (Å²) in [7, 11) is 5.47. The summed E-state index contributed by atoms with van der Waals surface area (Å²) in [6.07, 6.45) is 3.03. The molecule has 2 N–H and O–H groups in total. The lowest BCUT2D eigenvalue weighted by atomic mass is 10.1. The molecule has 1 amide bonds. The van der Waals surface area contributed by atoms with Crippen LogP contribution >= 0.6 is 0 Å². The summed E-state index contributed by atoms with van der Waals surface area (Å²) in [4.78, 5) is 32.8. The first kappa shape index (κ1) is 24.4. The molecule has 2 heterocycles. The second kappa shape index (κ2) is 10.7. The molecule has 9 nitrogen and oxygen atoms in total. The van der Waals surface area contributed by atoms with Gasteiger partial charge in [0.05, 0.1) is 7.11 Å². The molecule has 0 saturated carbocycles. The number of anilines is 1. The zero-order valence-corrected chi connectivity index (χ0v) is 20.4. The summed E-state index contributed by atoms with van der Waals surface area (Å²) in [5, 5.41) is 10.2. The molecule has 0 atom stereocenters. The molecule has 0 unspecified atom stereocenters. The zero-order valence-electron chi connectivity index (χ0n) is 20.4. The van der Waals surface area contributed by atoms with Crippen LogP contribution in [0, 0.1) is 0 Å². The predicted octanol–water partition coefficient (Wildman–Crippen LogP) is 4.04. The van der Waals surface area contributed by atoms with Crippen LogP contribution < -0.4 is 9.64 Å². The fourth-order valence-electron chi connectivity index (χ4n) is 4.43. The Hall–Kier alpha value is -3.72. The topological polar surface area (TPSA) is 98.3 Å². The third-order valence-electron chi connectivity index (χ3n) is 6.31. The minimum Gasteiger partial charge on any atom is -0.465 e. The van der Waals surface area contributed by atoms with Gasteiger partial charge in [-0.05, 0) is 63.3 Å². The largest absolute Gasteiger partial charge is 0.465 e. The highest BCUT2D eigenvalue weighted by Crippen LogP contribution is 2.36. The number of esters is 1. The van der Waals surface area contributed by atoms with Gasteiger partial charge in [0, 0.05) is 55.0 Å². The van der Waals surface area contributed by atoms with E-state index < -0.39 is 12.1 Å². The van der Waals surface area contributed by atoms with Gasteiger partial charge < -0.3 is 34.3 Å². The number of carbonyl (C=O) groups is 2. The first-order valence-electron chi connectivity index (χ1n) is 11.7. The van der Waals surface area contributed by atoms with E-state index in [4.69, 9.17) is 9.47 Å². The minimum absolute atomic E-state index is 0.335. The SMILES string of the molecule is COC(=O)c1ccc(N2CCN(C(=O)O)CC2)cc1Oc1cccc2[nH]cc(CCCN(C)C)c12. The Labute approximate surface area is 204 Å². The summed E-state index contributed by atoms with van der Waals surface area (Å²) < 4.78 is 11.4. The molecule has 0 spiro atoms. The number of piperazine rings is 1. The first-order chi connectivity index (χ1) is 16.9. The number of methoxy groups -OCH3 is 1. The number of benzene rings is 2. The summed E-state index contributed by atoms with van der Waals surface area (Å²) in [5.41, 5.74) is 3.34. The molecule has 9 heteroatoms. The van der Waals surface area contributed by atoms with Crippen molar-refractivity contribution in [2.45, 2.75) is 12.8 Å². The number of hydrogen-bond acceptors (Lipinski definition) is 6. The van der Waals surface area contributed by atoms with Gasteiger partial charge in [-0.3, -0.25) is 0 Å². The summed E-state index contributed by atoms with van der Waals surface area (Å²) in [6, 6.07) is 11.2. The summed E-state index contributed by atoms with van der Waals surface area (Å²) >= 11 is 0. The molecular formula is C26H32N4O5. The average molecular weight is 481 g/mol. The van der Waals surface area contributed by atoms with E-state index in [1.165, 1.54) is 12.0 Å². The second-order valence-corrected chi connectivity index (χ2v) is 8.93. The van der Waals surface area contributed by atoms with Crippen LogP contribution in [0.4, 0.5) is 10.5 Å². The number of carboxylic acid groups (broad SMARTS) is 1. The molecule has 0 radical (unpaired) electrons. The Kier molecular flexibility index (Phi) is 7.45. The average Bonchev–Trinajstić information content (AvgIpc) is 3.27. The molecule has 2 aromatic carbocycles. The van der Waals surface area contributed by atoms with Gasteiger partial charge in [-0.2, -0.15) is 0 Å². The maximum atomic E-state index is 12.5. The molecule has 186 valence electrons. The van der Waals surface area contributed by atoms with E-state index in [0.717, 1.165) is 41.5 Å². The van der Waals surface area contributed by atoms with E-state index >= 15 is 0 Å².